The largest absolute Gasteiger partial charge is 0.441 e. The highest BCUT2D eigenvalue weighted by molar-refractivity contribution is 6.10. The summed E-state index contributed by atoms with van der Waals surface area (Å²) in [5, 5.41) is 5.57. The maximum atomic E-state index is 12.9. The molecule has 2 N–H and O–H groups in total. The van der Waals surface area contributed by atoms with E-state index >= 15 is 0 Å². The van der Waals surface area contributed by atoms with Gasteiger partial charge in [0.15, 0.2) is 11.5 Å². The van der Waals surface area contributed by atoms with E-state index in [1.807, 2.05) is 6.92 Å². The summed E-state index contributed by atoms with van der Waals surface area (Å²) >= 11 is 0. The fourth-order valence-corrected chi connectivity index (χ4v) is 4.10. The van der Waals surface area contributed by atoms with Crippen LogP contribution in [0.1, 0.15) is 38.5 Å². The van der Waals surface area contributed by atoms with Crippen LogP contribution in [0, 0.1) is 12.8 Å². The molecule has 8 nitrogen and oxygen atoms in total. The highest BCUT2D eigenvalue weighted by Gasteiger charge is 2.55. The number of anilines is 1. The Bertz CT molecular complexity index is 937. The van der Waals surface area contributed by atoms with Crippen molar-refractivity contribution in [3.8, 4) is 0 Å². The number of urea groups is 1. The molecule has 4 rings (SSSR count). The van der Waals surface area contributed by atoms with Crippen molar-refractivity contribution < 1.29 is 18.8 Å². The number of imide groups is 1. The van der Waals surface area contributed by atoms with Crippen molar-refractivity contribution in [3.05, 3.63) is 24.1 Å². The smallest absolute Gasteiger partial charge is 0.325 e. The van der Waals surface area contributed by atoms with Crippen molar-refractivity contribution >= 4 is 34.6 Å². The summed E-state index contributed by atoms with van der Waals surface area (Å²) in [6.07, 6.45) is 3.46. The van der Waals surface area contributed by atoms with E-state index in [2.05, 4.69) is 15.6 Å². The van der Waals surface area contributed by atoms with Gasteiger partial charge in [0, 0.05) is 12.6 Å². The third-order valence-corrected chi connectivity index (χ3v) is 5.58. The maximum absolute atomic E-state index is 12.9. The Balaban J connectivity index is 1.47. The van der Waals surface area contributed by atoms with Crippen LogP contribution in [0.25, 0.3) is 11.1 Å². The number of hydrogen-bond acceptors (Lipinski definition) is 5. The number of oxazole rings is 1. The Morgan fingerprint density at radius 2 is 2.22 bits per heavy atom. The van der Waals surface area contributed by atoms with Crippen LogP contribution >= 0.6 is 0 Å². The Morgan fingerprint density at radius 3 is 3.00 bits per heavy atom. The number of amides is 4. The lowest BCUT2D eigenvalue weighted by Crippen LogP contribution is -2.54. The Hall–Kier alpha value is -2.90. The van der Waals surface area contributed by atoms with Gasteiger partial charge in [0.1, 0.15) is 17.6 Å². The van der Waals surface area contributed by atoms with Crippen molar-refractivity contribution in [2.45, 2.75) is 45.1 Å². The number of benzene rings is 1. The number of fused-ring (bicyclic) bond motifs is 1. The van der Waals surface area contributed by atoms with E-state index in [1.165, 1.54) is 0 Å². The highest BCUT2D eigenvalue weighted by atomic mass is 16.3. The molecule has 2 fully saturated rings. The number of nitrogens with zero attached hydrogens (tertiary/aromatic N) is 2. The fourth-order valence-electron chi connectivity index (χ4n) is 4.10. The normalized spacial score (nSPS) is 25.3. The van der Waals surface area contributed by atoms with Gasteiger partial charge in [-0.05, 0) is 37.0 Å². The Kier molecular flexibility index (Phi) is 4.13. The van der Waals surface area contributed by atoms with Crippen molar-refractivity contribution in [2.24, 2.45) is 5.92 Å². The van der Waals surface area contributed by atoms with E-state index < -0.39 is 17.5 Å². The van der Waals surface area contributed by atoms with E-state index in [0.29, 0.717) is 29.1 Å². The quantitative estimate of drug-likeness (QED) is 0.808. The summed E-state index contributed by atoms with van der Waals surface area (Å²) < 4.78 is 5.41. The molecule has 1 aromatic carbocycles. The van der Waals surface area contributed by atoms with Crippen LogP contribution in [-0.2, 0) is 9.59 Å². The zero-order valence-corrected chi connectivity index (χ0v) is 15.4. The van der Waals surface area contributed by atoms with E-state index in [4.69, 9.17) is 4.42 Å². The number of aromatic nitrogens is 1. The van der Waals surface area contributed by atoms with Gasteiger partial charge in [-0.15, -0.1) is 0 Å². The molecule has 1 saturated carbocycles. The summed E-state index contributed by atoms with van der Waals surface area (Å²) in [4.78, 5) is 42.9. The van der Waals surface area contributed by atoms with Gasteiger partial charge in [-0.3, -0.25) is 14.5 Å². The highest BCUT2D eigenvalue weighted by Crippen LogP contribution is 2.38. The van der Waals surface area contributed by atoms with Gasteiger partial charge < -0.3 is 15.1 Å². The molecule has 2 atom stereocenters. The third kappa shape index (κ3) is 2.94. The summed E-state index contributed by atoms with van der Waals surface area (Å²) in [6, 6.07) is 4.62. The second kappa shape index (κ2) is 6.37. The first kappa shape index (κ1) is 17.5. The molecule has 4 amide bonds. The second-order valence-corrected chi connectivity index (χ2v) is 7.40. The van der Waals surface area contributed by atoms with Crippen LogP contribution in [0.3, 0.4) is 0 Å². The van der Waals surface area contributed by atoms with Gasteiger partial charge >= 0.3 is 6.03 Å². The molecular formula is C19H22N4O4. The van der Waals surface area contributed by atoms with Gasteiger partial charge in [-0.1, -0.05) is 19.8 Å². The van der Waals surface area contributed by atoms with Crippen molar-refractivity contribution in [3.63, 3.8) is 0 Å². The van der Waals surface area contributed by atoms with Crippen molar-refractivity contribution in [2.75, 3.05) is 11.9 Å². The molecule has 1 aliphatic heterocycles. The van der Waals surface area contributed by atoms with Gasteiger partial charge in [-0.25, -0.2) is 9.78 Å². The van der Waals surface area contributed by atoms with Crippen molar-refractivity contribution in [1.82, 2.24) is 15.2 Å². The molecule has 1 spiro atoms. The topological polar surface area (TPSA) is 105 Å². The monoisotopic (exact) mass is 370 g/mol. The third-order valence-electron chi connectivity index (χ3n) is 5.58. The Labute approximate surface area is 156 Å². The summed E-state index contributed by atoms with van der Waals surface area (Å²) in [7, 11) is 0. The van der Waals surface area contributed by atoms with E-state index in [0.717, 1.165) is 24.2 Å². The van der Waals surface area contributed by atoms with E-state index in [9.17, 15) is 14.4 Å². The first-order chi connectivity index (χ1) is 12.9. The molecular weight excluding hydrogens is 348 g/mol. The molecule has 2 aromatic rings. The molecule has 0 unspecified atom stereocenters. The number of carbonyl (C=O) groups is 3. The van der Waals surface area contributed by atoms with E-state index in [-0.39, 0.29) is 18.4 Å². The number of nitrogens with one attached hydrogen (secondary N) is 2. The summed E-state index contributed by atoms with van der Waals surface area (Å²) in [5.41, 5.74) is 0.948. The standard InChI is InChI=1S/C19H22N4O4/c1-11-5-3-4-8-19(11)17(25)23(18(26)22-19)10-16(24)21-13-6-7-15-14(9-13)20-12(2)27-15/h6-7,9,11H,3-5,8,10H2,1-2H3,(H,21,24)(H,22,26)/t11-,19-/m0/s1. The van der Waals surface area contributed by atoms with Crippen molar-refractivity contribution in [1.29, 1.82) is 0 Å². The lowest BCUT2D eigenvalue weighted by molar-refractivity contribution is -0.136. The zero-order chi connectivity index (χ0) is 19.2. The molecule has 0 radical (unpaired) electrons. The molecule has 2 heterocycles. The molecule has 1 aromatic heterocycles. The average molecular weight is 370 g/mol. The molecule has 142 valence electrons. The van der Waals surface area contributed by atoms with Crippen LogP contribution in [0.15, 0.2) is 22.6 Å². The number of rotatable bonds is 3. The molecule has 1 saturated heterocycles. The fraction of sp³-hybridized carbons (Fsp3) is 0.474. The lowest BCUT2D eigenvalue weighted by atomic mass is 9.73. The van der Waals surface area contributed by atoms with Gasteiger partial charge in [0.2, 0.25) is 5.91 Å². The number of carbonyl (C=O) groups excluding carboxylic acids is 3. The summed E-state index contributed by atoms with van der Waals surface area (Å²) in [5.74, 6) is -0.121. The number of hydrogen-bond donors (Lipinski definition) is 2. The minimum atomic E-state index is -0.854. The molecule has 0 bridgehead atoms. The molecule has 2 aliphatic rings. The van der Waals surface area contributed by atoms with Crippen LogP contribution in [0.2, 0.25) is 0 Å². The van der Waals surface area contributed by atoms with E-state index in [1.54, 1.807) is 25.1 Å². The van der Waals surface area contributed by atoms with Crippen LogP contribution in [0.5, 0.6) is 0 Å². The molecule has 1 aliphatic carbocycles. The SMILES string of the molecule is Cc1nc2cc(NC(=O)CN3C(=O)N[C@]4(CCCC[C@@H]4C)C3=O)ccc2o1. The average Bonchev–Trinajstić information content (AvgIpc) is 3.10. The van der Waals surface area contributed by atoms with Gasteiger partial charge in [0.05, 0.1) is 0 Å². The summed E-state index contributed by atoms with van der Waals surface area (Å²) in [6.45, 7) is 3.42. The van der Waals surface area contributed by atoms with Crippen LogP contribution < -0.4 is 10.6 Å². The molecule has 8 heteroatoms. The van der Waals surface area contributed by atoms with Crippen LogP contribution in [-0.4, -0.2) is 39.8 Å². The first-order valence-electron chi connectivity index (χ1n) is 9.20. The predicted molar refractivity (Wildman–Crippen MR) is 98.0 cm³/mol. The predicted octanol–water partition coefficient (Wildman–Crippen LogP) is 2.58. The molecule has 27 heavy (non-hydrogen) atoms. The lowest BCUT2D eigenvalue weighted by Gasteiger charge is -2.36. The first-order valence-corrected chi connectivity index (χ1v) is 9.20. The second-order valence-electron chi connectivity index (χ2n) is 7.40. The van der Waals surface area contributed by atoms with Gasteiger partial charge in [-0.2, -0.15) is 0 Å². The minimum Gasteiger partial charge on any atom is -0.441 e. The zero-order valence-electron chi connectivity index (χ0n) is 15.4. The maximum Gasteiger partial charge on any atom is 0.325 e. The van der Waals surface area contributed by atoms with Crippen LogP contribution in [0.4, 0.5) is 10.5 Å². The minimum absolute atomic E-state index is 0.0635. The Morgan fingerprint density at radius 1 is 1.41 bits per heavy atom. The van der Waals surface area contributed by atoms with Gasteiger partial charge in [0.25, 0.3) is 5.91 Å². The number of aryl methyl sites for hydroxylation is 1.